The molecule has 1 atom stereocenters. The van der Waals surface area contributed by atoms with Gasteiger partial charge in [0.05, 0.1) is 7.11 Å². The summed E-state index contributed by atoms with van der Waals surface area (Å²) in [6.07, 6.45) is 2.91. The van der Waals surface area contributed by atoms with Crippen molar-refractivity contribution in [3.63, 3.8) is 0 Å². The summed E-state index contributed by atoms with van der Waals surface area (Å²) in [5, 5.41) is 0. The number of methoxy groups -OCH3 is 1. The number of hydrogen-bond acceptors (Lipinski definition) is 2. The molecule has 1 aliphatic rings. The molecule has 1 fully saturated rings. The van der Waals surface area contributed by atoms with E-state index in [1.807, 2.05) is 29.2 Å². The summed E-state index contributed by atoms with van der Waals surface area (Å²) in [6.45, 7) is 3.98. The van der Waals surface area contributed by atoms with E-state index in [1.54, 1.807) is 7.11 Å². The van der Waals surface area contributed by atoms with Crippen LogP contribution in [0.5, 0.6) is 5.75 Å². The molecule has 0 spiro atoms. The van der Waals surface area contributed by atoms with Gasteiger partial charge in [-0.15, -0.1) is 0 Å². The van der Waals surface area contributed by atoms with Crippen molar-refractivity contribution in [3.05, 3.63) is 29.8 Å². The van der Waals surface area contributed by atoms with Gasteiger partial charge in [0.2, 0.25) is 5.91 Å². The Kier molecular flexibility index (Phi) is 4.24. The number of ether oxygens (including phenoxy) is 1. The van der Waals surface area contributed by atoms with Crippen LogP contribution in [-0.4, -0.2) is 31.0 Å². The third-order valence-electron chi connectivity index (χ3n) is 3.62. The quantitative estimate of drug-likeness (QED) is 0.818. The molecule has 1 aromatic rings. The van der Waals surface area contributed by atoms with Gasteiger partial charge >= 0.3 is 0 Å². The number of carbonyl (C=O) groups is 1. The highest BCUT2D eigenvalue weighted by Crippen LogP contribution is 2.23. The molecule has 0 radical (unpaired) electrons. The SMILES string of the molecule is COc1ccc(C(C)CC(=O)N2CCCC2)cc1. The number of benzene rings is 1. The Morgan fingerprint density at radius 2 is 1.89 bits per heavy atom. The lowest BCUT2D eigenvalue weighted by Gasteiger charge is -2.18. The maximum atomic E-state index is 12.1. The van der Waals surface area contributed by atoms with E-state index in [9.17, 15) is 4.79 Å². The van der Waals surface area contributed by atoms with E-state index in [-0.39, 0.29) is 11.8 Å². The third kappa shape index (κ3) is 3.03. The molecule has 0 bridgehead atoms. The van der Waals surface area contributed by atoms with Crippen LogP contribution in [0.15, 0.2) is 24.3 Å². The fourth-order valence-corrected chi connectivity index (χ4v) is 2.41. The summed E-state index contributed by atoms with van der Waals surface area (Å²) >= 11 is 0. The molecular weight excluding hydrogens is 226 g/mol. The van der Waals surface area contributed by atoms with Crippen molar-refractivity contribution in [3.8, 4) is 5.75 Å². The van der Waals surface area contributed by atoms with Crippen LogP contribution < -0.4 is 4.74 Å². The summed E-state index contributed by atoms with van der Waals surface area (Å²) in [5.74, 6) is 1.41. The van der Waals surface area contributed by atoms with E-state index in [0.717, 1.165) is 31.7 Å². The zero-order valence-corrected chi connectivity index (χ0v) is 11.2. The number of likely N-dealkylation sites (tertiary alicyclic amines) is 1. The Bertz CT molecular complexity index is 393. The van der Waals surface area contributed by atoms with Crippen LogP contribution in [0.2, 0.25) is 0 Å². The predicted molar refractivity (Wildman–Crippen MR) is 71.8 cm³/mol. The van der Waals surface area contributed by atoms with Gasteiger partial charge in [-0.25, -0.2) is 0 Å². The molecule has 18 heavy (non-hydrogen) atoms. The Balaban J connectivity index is 1.93. The van der Waals surface area contributed by atoms with Gasteiger partial charge in [-0.1, -0.05) is 19.1 Å². The highest BCUT2D eigenvalue weighted by molar-refractivity contribution is 5.77. The highest BCUT2D eigenvalue weighted by Gasteiger charge is 2.20. The molecule has 3 heteroatoms. The van der Waals surface area contributed by atoms with Crippen LogP contribution in [-0.2, 0) is 4.79 Å². The summed E-state index contributed by atoms with van der Waals surface area (Å²) in [5.41, 5.74) is 1.20. The van der Waals surface area contributed by atoms with Crippen molar-refractivity contribution >= 4 is 5.91 Å². The largest absolute Gasteiger partial charge is 0.497 e. The van der Waals surface area contributed by atoms with Gasteiger partial charge in [0.25, 0.3) is 0 Å². The van der Waals surface area contributed by atoms with E-state index in [4.69, 9.17) is 4.74 Å². The molecule has 1 heterocycles. The second kappa shape index (κ2) is 5.89. The zero-order chi connectivity index (χ0) is 13.0. The van der Waals surface area contributed by atoms with Crippen LogP contribution in [0.25, 0.3) is 0 Å². The van der Waals surface area contributed by atoms with Gasteiger partial charge < -0.3 is 9.64 Å². The first kappa shape index (κ1) is 12.9. The second-order valence-electron chi connectivity index (χ2n) is 4.97. The lowest BCUT2D eigenvalue weighted by molar-refractivity contribution is -0.130. The molecule has 1 unspecified atom stereocenters. The number of rotatable bonds is 4. The van der Waals surface area contributed by atoms with Crippen LogP contribution in [0.3, 0.4) is 0 Å². The van der Waals surface area contributed by atoms with Gasteiger partial charge in [0.15, 0.2) is 0 Å². The Hall–Kier alpha value is -1.51. The van der Waals surface area contributed by atoms with E-state index >= 15 is 0 Å². The fourth-order valence-electron chi connectivity index (χ4n) is 2.41. The standard InChI is InChI=1S/C15H21NO2/c1-12(11-15(17)16-9-3-4-10-16)13-5-7-14(18-2)8-6-13/h5-8,12H,3-4,9-11H2,1-2H3. The first-order chi connectivity index (χ1) is 8.70. The molecule has 0 saturated carbocycles. The number of amides is 1. The number of hydrogen-bond donors (Lipinski definition) is 0. The average molecular weight is 247 g/mol. The van der Waals surface area contributed by atoms with Gasteiger partial charge in [0.1, 0.15) is 5.75 Å². The molecule has 1 aliphatic heterocycles. The van der Waals surface area contributed by atoms with Gasteiger partial charge in [-0.05, 0) is 36.5 Å². The zero-order valence-electron chi connectivity index (χ0n) is 11.2. The minimum absolute atomic E-state index is 0.268. The average Bonchev–Trinajstić information content (AvgIpc) is 2.92. The first-order valence-corrected chi connectivity index (χ1v) is 6.62. The maximum absolute atomic E-state index is 12.1. The molecule has 1 saturated heterocycles. The van der Waals surface area contributed by atoms with Crippen molar-refractivity contribution in [2.75, 3.05) is 20.2 Å². The fraction of sp³-hybridized carbons (Fsp3) is 0.533. The van der Waals surface area contributed by atoms with Gasteiger partial charge in [-0.3, -0.25) is 4.79 Å². The summed E-state index contributed by atoms with van der Waals surface area (Å²) in [4.78, 5) is 14.0. The monoisotopic (exact) mass is 247 g/mol. The molecule has 1 amide bonds. The molecular formula is C15H21NO2. The normalized spacial score (nSPS) is 16.7. The lowest BCUT2D eigenvalue weighted by atomic mass is 9.97. The summed E-state index contributed by atoms with van der Waals surface area (Å²) in [6, 6.07) is 7.99. The van der Waals surface area contributed by atoms with Crippen molar-refractivity contribution in [1.82, 2.24) is 4.90 Å². The summed E-state index contributed by atoms with van der Waals surface area (Å²) < 4.78 is 5.14. The molecule has 0 aromatic heterocycles. The third-order valence-corrected chi connectivity index (χ3v) is 3.62. The van der Waals surface area contributed by atoms with E-state index < -0.39 is 0 Å². The molecule has 0 N–H and O–H groups in total. The Morgan fingerprint density at radius 3 is 2.44 bits per heavy atom. The van der Waals surface area contributed by atoms with Crippen LogP contribution in [0.4, 0.5) is 0 Å². The molecule has 3 nitrogen and oxygen atoms in total. The topological polar surface area (TPSA) is 29.5 Å². The smallest absolute Gasteiger partial charge is 0.223 e. The van der Waals surface area contributed by atoms with Crippen molar-refractivity contribution < 1.29 is 9.53 Å². The van der Waals surface area contributed by atoms with Crippen LogP contribution in [0.1, 0.15) is 37.7 Å². The Labute approximate surface area is 109 Å². The number of nitrogens with zero attached hydrogens (tertiary/aromatic N) is 1. The molecule has 1 aromatic carbocycles. The number of carbonyl (C=O) groups excluding carboxylic acids is 1. The van der Waals surface area contributed by atoms with E-state index in [0.29, 0.717) is 6.42 Å². The maximum Gasteiger partial charge on any atom is 0.223 e. The van der Waals surface area contributed by atoms with Crippen molar-refractivity contribution in [2.24, 2.45) is 0 Å². The molecule has 2 rings (SSSR count). The minimum atomic E-state index is 0.268. The molecule has 98 valence electrons. The first-order valence-electron chi connectivity index (χ1n) is 6.62. The van der Waals surface area contributed by atoms with Gasteiger partial charge in [-0.2, -0.15) is 0 Å². The van der Waals surface area contributed by atoms with Gasteiger partial charge in [0, 0.05) is 19.5 Å². The predicted octanol–water partition coefficient (Wildman–Crippen LogP) is 2.81. The van der Waals surface area contributed by atoms with E-state index in [2.05, 4.69) is 6.92 Å². The van der Waals surface area contributed by atoms with Crippen molar-refractivity contribution in [1.29, 1.82) is 0 Å². The van der Waals surface area contributed by atoms with E-state index in [1.165, 1.54) is 5.56 Å². The van der Waals surface area contributed by atoms with Crippen LogP contribution in [0, 0.1) is 0 Å². The highest BCUT2D eigenvalue weighted by atomic mass is 16.5. The summed E-state index contributed by atoms with van der Waals surface area (Å²) in [7, 11) is 1.66. The minimum Gasteiger partial charge on any atom is -0.497 e. The van der Waals surface area contributed by atoms with Crippen LogP contribution >= 0.6 is 0 Å². The molecule has 0 aliphatic carbocycles. The Morgan fingerprint density at radius 1 is 1.28 bits per heavy atom. The second-order valence-corrected chi connectivity index (χ2v) is 4.97. The lowest BCUT2D eigenvalue weighted by Crippen LogP contribution is -2.28. The van der Waals surface area contributed by atoms with Crippen molar-refractivity contribution in [2.45, 2.75) is 32.1 Å².